The van der Waals surface area contributed by atoms with Gasteiger partial charge in [0.2, 0.25) is 17.6 Å². The molecule has 1 unspecified atom stereocenters. The number of benzene rings is 1. The minimum atomic E-state index is -0.796. The number of carbonyl (C=O) groups excluding carboxylic acids is 3. The van der Waals surface area contributed by atoms with Crippen molar-refractivity contribution < 1.29 is 14.4 Å². The second kappa shape index (κ2) is 11.5. The molecule has 11 heteroatoms. The summed E-state index contributed by atoms with van der Waals surface area (Å²) in [6.07, 6.45) is 3.74. The lowest BCUT2D eigenvalue weighted by Crippen LogP contribution is -2.51. The molecule has 33 heavy (non-hydrogen) atoms. The Labute approximate surface area is 196 Å². The number of Topliss-reactive ketones (excluding diaryl/α,β-unsaturated/α-hetero) is 1. The summed E-state index contributed by atoms with van der Waals surface area (Å²) in [4.78, 5) is 48.6. The van der Waals surface area contributed by atoms with Gasteiger partial charge in [0.25, 0.3) is 0 Å². The summed E-state index contributed by atoms with van der Waals surface area (Å²) >= 11 is 1.21. The lowest BCUT2D eigenvalue weighted by Gasteiger charge is -2.26. The van der Waals surface area contributed by atoms with E-state index in [4.69, 9.17) is 11.5 Å². The topological polar surface area (TPSA) is 156 Å². The van der Waals surface area contributed by atoms with E-state index >= 15 is 0 Å². The van der Waals surface area contributed by atoms with Crippen molar-refractivity contribution in [2.45, 2.75) is 37.8 Å². The third-order valence-electron chi connectivity index (χ3n) is 5.44. The van der Waals surface area contributed by atoms with Crippen molar-refractivity contribution in [3.8, 4) is 0 Å². The Balaban J connectivity index is 1.75. The molecule has 176 valence electrons. The van der Waals surface area contributed by atoms with Crippen LogP contribution in [0.5, 0.6) is 0 Å². The van der Waals surface area contributed by atoms with Crippen molar-refractivity contribution in [1.29, 1.82) is 0 Å². The number of aryl methyl sites for hydroxylation is 1. The molecule has 0 radical (unpaired) electrons. The molecule has 1 aliphatic heterocycles. The molecule has 2 amide bonds. The summed E-state index contributed by atoms with van der Waals surface area (Å²) in [5.41, 5.74) is 12.4. The first kappa shape index (κ1) is 24.3. The number of thiazole rings is 1. The lowest BCUT2D eigenvalue weighted by atomic mass is 10.1. The van der Waals surface area contributed by atoms with Crippen LogP contribution in [-0.2, 0) is 16.0 Å². The van der Waals surface area contributed by atoms with E-state index in [9.17, 15) is 14.4 Å². The van der Waals surface area contributed by atoms with Crippen LogP contribution in [0, 0.1) is 0 Å². The molecule has 0 saturated heterocycles. The van der Waals surface area contributed by atoms with Gasteiger partial charge < -0.3 is 27.0 Å². The van der Waals surface area contributed by atoms with Crippen LogP contribution in [0.2, 0.25) is 0 Å². The van der Waals surface area contributed by atoms with Crippen LogP contribution >= 0.6 is 11.3 Å². The summed E-state index contributed by atoms with van der Waals surface area (Å²) < 4.78 is 0. The highest BCUT2D eigenvalue weighted by Gasteiger charge is 2.32. The number of guanidine groups is 1. The number of aliphatic imine (C=N–C) groups is 1. The third kappa shape index (κ3) is 6.36. The normalized spacial score (nSPS) is 16.5. The number of likely N-dealkylation sites (N-methyl/N-ethyl adjacent to an activating group) is 1. The van der Waals surface area contributed by atoms with Crippen LogP contribution in [0.25, 0.3) is 0 Å². The highest BCUT2D eigenvalue weighted by atomic mass is 32.1. The van der Waals surface area contributed by atoms with E-state index in [2.05, 4.69) is 20.6 Å². The number of nitrogens with one attached hydrogen (secondary N) is 2. The molecule has 0 bridgehead atoms. The predicted octanol–water partition coefficient (Wildman–Crippen LogP) is 0.432. The Morgan fingerprint density at radius 1 is 1.33 bits per heavy atom. The first-order chi connectivity index (χ1) is 15.9. The van der Waals surface area contributed by atoms with Crippen molar-refractivity contribution in [2.24, 2.45) is 16.5 Å². The number of rotatable bonds is 10. The first-order valence-corrected chi connectivity index (χ1v) is 11.6. The number of nitrogens with zero attached hydrogens (tertiary/aromatic N) is 3. The maximum atomic E-state index is 13.1. The zero-order valence-corrected chi connectivity index (χ0v) is 19.3. The van der Waals surface area contributed by atoms with Gasteiger partial charge in [-0.3, -0.25) is 19.4 Å². The monoisotopic (exact) mass is 471 g/mol. The molecule has 1 aliphatic rings. The molecule has 0 fully saturated rings. The fourth-order valence-electron chi connectivity index (χ4n) is 3.80. The van der Waals surface area contributed by atoms with Crippen LogP contribution in [-0.4, -0.2) is 60.8 Å². The number of anilines is 1. The van der Waals surface area contributed by atoms with Gasteiger partial charge in [0.1, 0.15) is 6.54 Å². The predicted molar refractivity (Wildman–Crippen MR) is 128 cm³/mol. The smallest absolute Gasteiger partial charge is 0.244 e. The van der Waals surface area contributed by atoms with Crippen LogP contribution in [0.4, 0.5) is 5.69 Å². The molecule has 10 nitrogen and oxygen atoms in total. The van der Waals surface area contributed by atoms with Crippen molar-refractivity contribution in [2.75, 3.05) is 25.0 Å². The van der Waals surface area contributed by atoms with E-state index in [0.717, 1.165) is 12.0 Å². The van der Waals surface area contributed by atoms with Gasteiger partial charge in [-0.1, -0.05) is 18.2 Å². The van der Waals surface area contributed by atoms with Gasteiger partial charge in [-0.15, -0.1) is 11.3 Å². The zero-order valence-electron chi connectivity index (χ0n) is 18.5. The van der Waals surface area contributed by atoms with E-state index < -0.39 is 18.0 Å². The molecular formula is C22H29N7O3S. The van der Waals surface area contributed by atoms with Gasteiger partial charge >= 0.3 is 0 Å². The highest BCUT2D eigenvalue weighted by molar-refractivity contribution is 7.11. The molecule has 2 aromatic rings. The van der Waals surface area contributed by atoms with E-state index in [1.807, 2.05) is 24.3 Å². The largest absolute Gasteiger partial charge is 0.370 e. The maximum Gasteiger partial charge on any atom is 0.244 e. The Hall–Kier alpha value is -3.31. The van der Waals surface area contributed by atoms with Crippen molar-refractivity contribution >= 4 is 40.6 Å². The van der Waals surface area contributed by atoms with Crippen molar-refractivity contribution in [3.63, 3.8) is 0 Å². The van der Waals surface area contributed by atoms with Crippen LogP contribution < -0.4 is 27.0 Å². The maximum absolute atomic E-state index is 13.1. The van der Waals surface area contributed by atoms with Gasteiger partial charge in [0.15, 0.2) is 11.0 Å². The Morgan fingerprint density at radius 3 is 2.82 bits per heavy atom. The van der Waals surface area contributed by atoms with Crippen molar-refractivity contribution in [3.05, 3.63) is 46.4 Å². The minimum Gasteiger partial charge on any atom is -0.370 e. The van der Waals surface area contributed by atoms with E-state index in [1.54, 1.807) is 18.6 Å². The third-order valence-corrected chi connectivity index (χ3v) is 6.23. The fourth-order valence-corrected chi connectivity index (χ4v) is 4.43. The second-order valence-corrected chi connectivity index (χ2v) is 8.60. The number of hydrogen-bond donors (Lipinski definition) is 4. The molecule has 1 aromatic heterocycles. The molecule has 3 rings (SSSR count). The average Bonchev–Trinajstić information content (AvgIpc) is 3.30. The summed E-state index contributed by atoms with van der Waals surface area (Å²) in [5, 5.41) is 7.85. The fraction of sp³-hybridized carbons (Fsp3) is 0.409. The summed E-state index contributed by atoms with van der Waals surface area (Å²) in [5.74, 6) is -0.905. The molecule has 6 N–H and O–H groups in total. The number of aromatic nitrogens is 1. The summed E-state index contributed by atoms with van der Waals surface area (Å²) in [6.45, 7) is 0.144. The van der Waals surface area contributed by atoms with Crippen molar-refractivity contribution in [1.82, 2.24) is 15.6 Å². The Kier molecular flexibility index (Phi) is 8.50. The Bertz CT molecular complexity index is 1010. The number of carbonyl (C=O) groups is 3. The second-order valence-electron chi connectivity index (χ2n) is 7.70. The molecular weight excluding hydrogens is 442 g/mol. The van der Waals surface area contributed by atoms with E-state index in [-0.39, 0.29) is 24.2 Å². The average molecular weight is 472 g/mol. The van der Waals surface area contributed by atoms with Gasteiger partial charge in [-0.25, -0.2) is 4.98 Å². The number of ketones is 1. The van der Waals surface area contributed by atoms with Gasteiger partial charge in [-0.2, -0.15) is 0 Å². The van der Waals surface area contributed by atoms with E-state index in [1.165, 1.54) is 16.2 Å². The van der Waals surface area contributed by atoms with Crippen LogP contribution in [0.1, 0.15) is 34.6 Å². The number of para-hydroxylation sites is 1. The molecule has 1 aromatic carbocycles. The lowest BCUT2D eigenvalue weighted by molar-refractivity contribution is -0.125. The first-order valence-electron chi connectivity index (χ1n) is 10.8. The van der Waals surface area contributed by atoms with Crippen LogP contribution in [0.15, 0.2) is 40.8 Å². The van der Waals surface area contributed by atoms with Crippen LogP contribution in [0.3, 0.4) is 0 Å². The summed E-state index contributed by atoms with van der Waals surface area (Å²) in [7, 11) is 1.73. The van der Waals surface area contributed by atoms with E-state index in [0.29, 0.717) is 36.5 Å². The van der Waals surface area contributed by atoms with Gasteiger partial charge in [-0.05, 0) is 44.4 Å². The molecule has 0 spiro atoms. The number of fused-ring (bicyclic) bond motifs is 1. The SMILES string of the molecule is CNC1CCc2ccccc2N(CC(=O)N[C@@H](CCCN=C(N)N)C(=O)c2nccs2)C1=O. The Morgan fingerprint density at radius 2 is 2.12 bits per heavy atom. The minimum absolute atomic E-state index is 0.0285. The quantitative estimate of drug-likeness (QED) is 0.169. The number of nitrogens with two attached hydrogens (primary N) is 2. The van der Waals surface area contributed by atoms with Gasteiger partial charge in [0.05, 0.1) is 12.1 Å². The standard InChI is InChI=1S/C22H29N7O3S/c1-25-16-9-8-14-5-2-3-7-17(14)29(21(16)32)13-18(30)28-15(6-4-10-27-22(23)24)19(31)20-26-11-12-33-20/h2-3,5,7,11-12,15-16,25H,4,6,8-10,13H2,1H3,(H,28,30)(H4,23,24,27)/t15-,16?/m0/s1. The number of amides is 2. The molecule has 2 atom stereocenters. The number of hydrogen-bond acceptors (Lipinski definition) is 7. The molecule has 2 heterocycles. The summed E-state index contributed by atoms with van der Waals surface area (Å²) in [6, 6.07) is 6.37. The van der Waals surface area contributed by atoms with Gasteiger partial charge in [0, 0.05) is 23.8 Å². The highest BCUT2D eigenvalue weighted by Crippen LogP contribution is 2.26. The molecule has 0 saturated carbocycles. The zero-order chi connectivity index (χ0) is 23.8. The molecule has 0 aliphatic carbocycles.